The summed E-state index contributed by atoms with van der Waals surface area (Å²) in [6, 6.07) is 11.1. The zero-order valence-electron chi connectivity index (χ0n) is 19.2. The van der Waals surface area contributed by atoms with E-state index >= 15 is 0 Å². The maximum Gasteiger partial charge on any atom is 0.171 e. The molecule has 1 aromatic heterocycles. The molecule has 2 aliphatic rings. The first-order valence-electron chi connectivity index (χ1n) is 11.3. The fourth-order valence-electron chi connectivity index (χ4n) is 4.64. The molecule has 35 heavy (non-hydrogen) atoms. The molecule has 1 fully saturated rings. The Bertz CT molecular complexity index is 1270. The summed E-state index contributed by atoms with van der Waals surface area (Å²) in [4.78, 5) is 12.1. The SMILES string of the molecule is C.COc1cc(/C=C2\CCCN3C2=NOCC[C@H]3c2ccc(Cl)c(F)c2)ccc1-n1cnc(C)c1. The van der Waals surface area contributed by atoms with E-state index in [4.69, 9.17) is 21.2 Å². The Morgan fingerprint density at radius 3 is 2.83 bits per heavy atom. The number of methoxy groups -OCH3 is 1. The van der Waals surface area contributed by atoms with Crippen LogP contribution in [0, 0.1) is 12.7 Å². The number of amidine groups is 1. The van der Waals surface area contributed by atoms with Crippen LogP contribution in [0.25, 0.3) is 11.8 Å². The van der Waals surface area contributed by atoms with Crippen molar-refractivity contribution in [1.29, 1.82) is 0 Å². The lowest BCUT2D eigenvalue weighted by Gasteiger charge is -2.36. The van der Waals surface area contributed by atoms with E-state index in [1.807, 2.05) is 35.9 Å². The van der Waals surface area contributed by atoms with Gasteiger partial charge < -0.3 is 19.0 Å². The lowest BCUT2D eigenvalue weighted by molar-refractivity contribution is 0.140. The van der Waals surface area contributed by atoms with E-state index in [0.717, 1.165) is 59.1 Å². The normalized spacial score (nSPS) is 18.7. The smallest absolute Gasteiger partial charge is 0.171 e. The zero-order chi connectivity index (χ0) is 23.7. The van der Waals surface area contributed by atoms with Gasteiger partial charge in [-0.2, -0.15) is 0 Å². The van der Waals surface area contributed by atoms with Gasteiger partial charge in [0.25, 0.3) is 0 Å². The van der Waals surface area contributed by atoms with Crippen molar-refractivity contribution in [2.75, 3.05) is 20.3 Å². The third-order valence-corrected chi connectivity index (χ3v) is 6.58. The second-order valence-electron chi connectivity index (χ2n) is 8.55. The first kappa shape index (κ1) is 24.8. The highest BCUT2D eigenvalue weighted by atomic mass is 35.5. The fraction of sp³-hybridized carbons (Fsp3) is 0.333. The number of hydrogen-bond acceptors (Lipinski definition) is 5. The molecule has 0 saturated carbocycles. The summed E-state index contributed by atoms with van der Waals surface area (Å²) in [6.45, 7) is 3.25. The predicted molar refractivity (Wildman–Crippen MR) is 138 cm³/mol. The third kappa shape index (κ3) is 5.05. The average Bonchev–Trinajstić information content (AvgIpc) is 3.15. The number of rotatable bonds is 4. The molecule has 0 radical (unpaired) electrons. The fourth-order valence-corrected chi connectivity index (χ4v) is 4.76. The van der Waals surface area contributed by atoms with Crippen LogP contribution in [0.2, 0.25) is 5.02 Å². The quantitative estimate of drug-likeness (QED) is 0.410. The maximum absolute atomic E-state index is 14.2. The van der Waals surface area contributed by atoms with Crippen LogP contribution in [-0.2, 0) is 4.84 Å². The number of oxime groups is 1. The summed E-state index contributed by atoms with van der Waals surface area (Å²) in [5.41, 5.74) is 4.84. The van der Waals surface area contributed by atoms with Gasteiger partial charge in [0, 0.05) is 19.2 Å². The van der Waals surface area contributed by atoms with Crippen molar-refractivity contribution in [2.24, 2.45) is 5.16 Å². The number of halogens is 2. The molecule has 1 atom stereocenters. The number of imidazole rings is 1. The highest BCUT2D eigenvalue weighted by Gasteiger charge is 2.31. The molecule has 5 rings (SSSR count). The topological polar surface area (TPSA) is 51.9 Å². The molecule has 0 bridgehead atoms. The minimum absolute atomic E-state index is 0. The Kier molecular flexibility index (Phi) is 7.45. The van der Waals surface area contributed by atoms with Crippen LogP contribution in [-0.4, -0.2) is 40.5 Å². The van der Waals surface area contributed by atoms with Crippen LogP contribution < -0.4 is 4.74 Å². The predicted octanol–water partition coefficient (Wildman–Crippen LogP) is 6.57. The summed E-state index contributed by atoms with van der Waals surface area (Å²) < 4.78 is 21.8. The second-order valence-corrected chi connectivity index (χ2v) is 8.95. The molecule has 2 aromatic carbocycles. The molecule has 0 aliphatic carbocycles. The second kappa shape index (κ2) is 10.5. The molecule has 8 heteroatoms. The molecule has 3 aromatic rings. The van der Waals surface area contributed by atoms with Gasteiger partial charge in [-0.1, -0.05) is 36.3 Å². The molecule has 3 heterocycles. The average molecular weight is 497 g/mol. The molecule has 6 nitrogen and oxygen atoms in total. The van der Waals surface area contributed by atoms with Crippen LogP contribution in [0.1, 0.15) is 49.6 Å². The molecular weight excluding hydrogens is 467 g/mol. The van der Waals surface area contributed by atoms with Crippen LogP contribution in [0.4, 0.5) is 4.39 Å². The number of benzene rings is 2. The highest BCUT2D eigenvalue weighted by Crippen LogP contribution is 2.35. The number of aromatic nitrogens is 2. The molecular formula is C27H30ClFN4O2. The van der Waals surface area contributed by atoms with Gasteiger partial charge in [-0.15, -0.1) is 0 Å². The molecule has 2 aliphatic heterocycles. The van der Waals surface area contributed by atoms with Crippen LogP contribution >= 0.6 is 11.6 Å². The summed E-state index contributed by atoms with van der Waals surface area (Å²) in [6.07, 6.45) is 8.44. The summed E-state index contributed by atoms with van der Waals surface area (Å²) in [5, 5.41) is 4.59. The van der Waals surface area contributed by atoms with E-state index in [9.17, 15) is 4.39 Å². The standard InChI is InChI=1S/C26H26ClFN4O2.CH4/c1-17-15-31(16-29-17)24-8-5-18(13-25(24)33-2)12-20-4-3-10-32-23(9-11-34-30-26(20)32)19-6-7-21(27)22(28)14-19;/h5-8,12-16,23H,3-4,9-11H2,1-2H3;1H4/b20-12+;/t23-;/m0./s1. The first-order chi connectivity index (χ1) is 16.5. The number of fused-ring (bicyclic) bond motifs is 1. The molecule has 0 unspecified atom stereocenters. The Morgan fingerprint density at radius 2 is 2.09 bits per heavy atom. The van der Waals surface area contributed by atoms with Crippen LogP contribution in [0.3, 0.4) is 0 Å². The van der Waals surface area contributed by atoms with Crippen molar-refractivity contribution in [2.45, 2.75) is 39.7 Å². The van der Waals surface area contributed by atoms with Crippen molar-refractivity contribution in [3.8, 4) is 11.4 Å². The number of piperidine rings is 1. The third-order valence-electron chi connectivity index (χ3n) is 6.28. The van der Waals surface area contributed by atoms with Crippen molar-refractivity contribution >= 4 is 23.5 Å². The summed E-state index contributed by atoms with van der Waals surface area (Å²) in [5.74, 6) is 1.15. The summed E-state index contributed by atoms with van der Waals surface area (Å²) in [7, 11) is 1.67. The largest absolute Gasteiger partial charge is 0.495 e. The van der Waals surface area contributed by atoms with E-state index in [0.29, 0.717) is 13.0 Å². The van der Waals surface area contributed by atoms with E-state index in [1.165, 1.54) is 6.07 Å². The summed E-state index contributed by atoms with van der Waals surface area (Å²) >= 11 is 5.92. The number of ether oxygens (including phenoxy) is 1. The van der Waals surface area contributed by atoms with Crippen molar-refractivity contribution in [3.63, 3.8) is 0 Å². The van der Waals surface area contributed by atoms with Crippen molar-refractivity contribution in [3.05, 3.63) is 82.2 Å². The monoisotopic (exact) mass is 496 g/mol. The molecule has 0 amide bonds. The number of nitrogens with zero attached hydrogens (tertiary/aromatic N) is 4. The number of hydrogen-bond donors (Lipinski definition) is 0. The minimum Gasteiger partial charge on any atom is -0.495 e. The van der Waals surface area contributed by atoms with Crippen LogP contribution in [0.15, 0.2) is 59.7 Å². The van der Waals surface area contributed by atoms with Gasteiger partial charge in [-0.05, 0) is 66.8 Å². The van der Waals surface area contributed by atoms with Gasteiger partial charge in [0.05, 0.1) is 35.9 Å². The van der Waals surface area contributed by atoms with Crippen LogP contribution in [0.5, 0.6) is 5.75 Å². The highest BCUT2D eigenvalue weighted by molar-refractivity contribution is 6.30. The Balaban J connectivity index is 0.00000289. The molecule has 0 N–H and O–H groups in total. The van der Waals surface area contributed by atoms with Gasteiger partial charge >= 0.3 is 0 Å². The van der Waals surface area contributed by atoms with E-state index in [1.54, 1.807) is 19.5 Å². The lowest BCUT2D eigenvalue weighted by atomic mass is 9.95. The molecule has 184 valence electrons. The lowest BCUT2D eigenvalue weighted by Crippen LogP contribution is -2.39. The molecule has 1 saturated heterocycles. The van der Waals surface area contributed by atoms with Crippen molar-refractivity contribution < 1.29 is 14.0 Å². The first-order valence-corrected chi connectivity index (χ1v) is 11.7. The maximum atomic E-state index is 14.2. The van der Waals surface area contributed by atoms with Gasteiger partial charge in [0.15, 0.2) is 5.84 Å². The van der Waals surface area contributed by atoms with Gasteiger partial charge in [0.2, 0.25) is 0 Å². The van der Waals surface area contributed by atoms with E-state index in [2.05, 4.69) is 27.2 Å². The number of aryl methyl sites for hydroxylation is 1. The molecule has 0 spiro atoms. The zero-order valence-corrected chi connectivity index (χ0v) is 19.9. The van der Waals surface area contributed by atoms with E-state index < -0.39 is 5.82 Å². The Morgan fingerprint density at radius 1 is 1.23 bits per heavy atom. The van der Waals surface area contributed by atoms with Crippen molar-refractivity contribution in [1.82, 2.24) is 14.5 Å². The van der Waals surface area contributed by atoms with Gasteiger partial charge in [-0.25, -0.2) is 9.37 Å². The van der Waals surface area contributed by atoms with Gasteiger partial charge in [0.1, 0.15) is 18.2 Å². The Labute approximate surface area is 210 Å². The van der Waals surface area contributed by atoms with E-state index in [-0.39, 0.29) is 18.5 Å². The Hall–Kier alpha value is -3.32. The minimum atomic E-state index is -0.407. The van der Waals surface area contributed by atoms with Gasteiger partial charge in [-0.3, -0.25) is 0 Å².